The van der Waals surface area contributed by atoms with Crippen LogP contribution in [-0.2, 0) is 15.9 Å². The van der Waals surface area contributed by atoms with Crippen molar-refractivity contribution in [3.63, 3.8) is 0 Å². The van der Waals surface area contributed by atoms with Gasteiger partial charge in [-0.3, -0.25) is 4.79 Å². The lowest BCUT2D eigenvalue weighted by molar-refractivity contribution is -0.305. The Kier molecular flexibility index (Phi) is 7.94. The fraction of sp³-hybridized carbons (Fsp3) is 0.286. The molecular formula is C35H35NO7. The molecule has 0 aliphatic carbocycles. The molecule has 0 spiro atoms. The van der Waals surface area contributed by atoms with Crippen LogP contribution >= 0.6 is 0 Å². The molecule has 1 fully saturated rings. The quantitative estimate of drug-likeness (QED) is 0.223. The Morgan fingerprint density at radius 1 is 0.884 bits per heavy atom. The number of rotatable bonds is 8. The second-order valence-electron chi connectivity index (χ2n) is 11.3. The summed E-state index contributed by atoms with van der Waals surface area (Å²) in [5.74, 6) is 0.0195. The van der Waals surface area contributed by atoms with Crippen molar-refractivity contribution in [1.82, 2.24) is 5.32 Å². The molecule has 0 radical (unpaired) electrons. The molecule has 8 nitrogen and oxygen atoms in total. The first-order valence-electron chi connectivity index (χ1n) is 14.4. The van der Waals surface area contributed by atoms with E-state index >= 15 is 0 Å². The van der Waals surface area contributed by atoms with Gasteiger partial charge in [0.2, 0.25) is 6.29 Å². The summed E-state index contributed by atoms with van der Waals surface area (Å²) in [7, 11) is 1.46. The number of methoxy groups -OCH3 is 1. The number of nitrogens with one attached hydrogen (secondary N) is 1. The Bertz CT molecular complexity index is 1750. The third-order valence-corrected chi connectivity index (χ3v) is 8.02. The number of furan rings is 1. The highest BCUT2D eigenvalue weighted by molar-refractivity contribution is 6.12. The van der Waals surface area contributed by atoms with Crippen molar-refractivity contribution < 1.29 is 33.6 Å². The average Bonchev–Trinajstić information content (AvgIpc) is 3.39. The summed E-state index contributed by atoms with van der Waals surface area (Å²) in [4.78, 5) is 13.7. The lowest BCUT2D eigenvalue weighted by atomic mass is 9.89. The molecule has 1 aromatic heterocycles. The first-order valence-corrected chi connectivity index (χ1v) is 14.4. The van der Waals surface area contributed by atoms with Crippen LogP contribution in [0.1, 0.15) is 29.8 Å². The summed E-state index contributed by atoms with van der Waals surface area (Å²) in [5, 5.41) is 26.5. The number of hydrogen-bond donors (Lipinski definition) is 3. The molecular weight excluding hydrogens is 546 g/mol. The number of carbonyl (C=O) groups is 1. The Hall–Kier alpha value is -4.21. The van der Waals surface area contributed by atoms with E-state index in [9.17, 15) is 15.0 Å². The maximum absolute atomic E-state index is 13.7. The molecule has 8 heteroatoms. The SMILES string of the molecule is CO[C@@H]1[C@@H](O)[C@@H](O)[C@H](Oc2ccc(-c3cccc4c3oc3ccccc34)c(C(=O)NCCc3ccccc3)c2)OC1(C)C. The fourth-order valence-electron chi connectivity index (χ4n) is 5.88. The second kappa shape index (κ2) is 11.8. The van der Waals surface area contributed by atoms with Crippen LogP contribution < -0.4 is 10.1 Å². The van der Waals surface area contributed by atoms with Crippen molar-refractivity contribution >= 4 is 27.8 Å². The molecule has 222 valence electrons. The van der Waals surface area contributed by atoms with Crippen molar-refractivity contribution in [1.29, 1.82) is 0 Å². The van der Waals surface area contributed by atoms with Crippen LogP contribution in [0.15, 0.2) is 95.4 Å². The van der Waals surface area contributed by atoms with E-state index in [4.69, 9.17) is 18.6 Å². The van der Waals surface area contributed by atoms with Crippen molar-refractivity contribution in [2.45, 2.75) is 50.5 Å². The number of carbonyl (C=O) groups excluding carboxylic acids is 1. The molecule has 1 aliphatic heterocycles. The van der Waals surface area contributed by atoms with Gasteiger partial charge in [-0.1, -0.05) is 66.7 Å². The molecule has 4 atom stereocenters. The topological polar surface area (TPSA) is 110 Å². The summed E-state index contributed by atoms with van der Waals surface area (Å²) >= 11 is 0. The standard InChI is InChI=1S/C35H35NO7/c1-35(2)32(40-3)29(37)30(38)34(43-35)41-22-16-17-23(27(20-22)33(39)36-19-18-21-10-5-4-6-11-21)25-13-9-14-26-24-12-7-8-15-28(24)42-31(25)26/h4-17,20,29-30,32,34,37-38H,18-19H2,1-3H3,(H,36,39)/t29-,30+,32+,34+/m0/s1. The molecule has 1 aliphatic rings. The van der Waals surface area contributed by atoms with Gasteiger partial charge >= 0.3 is 0 Å². The normalized spacial score (nSPS) is 21.6. The molecule has 5 aromatic rings. The van der Waals surface area contributed by atoms with Gasteiger partial charge in [-0.2, -0.15) is 0 Å². The molecule has 0 unspecified atom stereocenters. The van der Waals surface area contributed by atoms with E-state index < -0.39 is 30.2 Å². The summed E-state index contributed by atoms with van der Waals surface area (Å²) in [6.07, 6.45) is -3.86. The lowest BCUT2D eigenvalue weighted by Gasteiger charge is -2.46. The van der Waals surface area contributed by atoms with Gasteiger partial charge in [0, 0.05) is 30.0 Å². The average molecular weight is 582 g/mol. The highest BCUT2D eigenvalue weighted by Gasteiger charge is 2.50. The van der Waals surface area contributed by atoms with Crippen LogP contribution in [0.3, 0.4) is 0 Å². The molecule has 43 heavy (non-hydrogen) atoms. The van der Waals surface area contributed by atoms with Gasteiger partial charge < -0.3 is 34.2 Å². The molecule has 0 bridgehead atoms. The number of aliphatic hydroxyl groups excluding tert-OH is 2. The minimum atomic E-state index is -1.37. The first kappa shape index (κ1) is 28.9. The number of benzene rings is 4. The molecule has 3 N–H and O–H groups in total. The summed E-state index contributed by atoms with van der Waals surface area (Å²) in [5.41, 5.74) is 3.42. The number of ether oxygens (including phenoxy) is 3. The monoisotopic (exact) mass is 581 g/mol. The smallest absolute Gasteiger partial charge is 0.252 e. The van der Waals surface area contributed by atoms with Gasteiger partial charge in [-0.05, 0) is 55.7 Å². The first-order chi connectivity index (χ1) is 20.8. The van der Waals surface area contributed by atoms with E-state index in [1.54, 1.807) is 32.0 Å². The number of para-hydroxylation sites is 2. The highest BCUT2D eigenvalue weighted by atomic mass is 16.7. The van der Waals surface area contributed by atoms with E-state index in [1.807, 2.05) is 72.8 Å². The Labute approximate surface area is 249 Å². The number of fused-ring (bicyclic) bond motifs is 3. The van der Waals surface area contributed by atoms with E-state index in [-0.39, 0.29) is 5.91 Å². The number of amides is 1. The van der Waals surface area contributed by atoms with Crippen LogP contribution in [0, 0.1) is 0 Å². The van der Waals surface area contributed by atoms with Crippen molar-refractivity contribution in [2.24, 2.45) is 0 Å². The van der Waals surface area contributed by atoms with Crippen molar-refractivity contribution in [3.8, 4) is 16.9 Å². The van der Waals surface area contributed by atoms with Crippen molar-refractivity contribution in [3.05, 3.63) is 102 Å². The van der Waals surface area contributed by atoms with E-state index in [0.717, 1.165) is 27.5 Å². The number of aliphatic hydroxyl groups is 2. The zero-order chi connectivity index (χ0) is 30.1. The van der Waals surface area contributed by atoms with E-state index in [1.165, 1.54) is 7.11 Å². The largest absolute Gasteiger partial charge is 0.462 e. The Morgan fingerprint density at radius 2 is 1.63 bits per heavy atom. The van der Waals surface area contributed by atoms with Crippen LogP contribution in [0.2, 0.25) is 0 Å². The Morgan fingerprint density at radius 3 is 2.42 bits per heavy atom. The number of hydrogen-bond acceptors (Lipinski definition) is 7. The predicted octanol–water partition coefficient (Wildman–Crippen LogP) is 5.48. The third kappa shape index (κ3) is 5.62. The van der Waals surface area contributed by atoms with Crippen molar-refractivity contribution in [2.75, 3.05) is 13.7 Å². The van der Waals surface area contributed by atoms with E-state index in [0.29, 0.717) is 35.4 Å². The van der Waals surface area contributed by atoms with Gasteiger partial charge in [-0.25, -0.2) is 0 Å². The highest BCUT2D eigenvalue weighted by Crippen LogP contribution is 2.39. The van der Waals surface area contributed by atoms with E-state index in [2.05, 4.69) is 5.32 Å². The van der Waals surface area contributed by atoms with Crippen LogP contribution in [0.25, 0.3) is 33.1 Å². The second-order valence-corrected chi connectivity index (χ2v) is 11.3. The maximum atomic E-state index is 13.7. The van der Waals surface area contributed by atoms with Crippen LogP contribution in [0.5, 0.6) is 5.75 Å². The molecule has 2 heterocycles. The van der Waals surface area contributed by atoms with Gasteiger partial charge in [-0.15, -0.1) is 0 Å². The van der Waals surface area contributed by atoms with Crippen LogP contribution in [-0.4, -0.2) is 60.0 Å². The minimum Gasteiger partial charge on any atom is -0.462 e. The minimum absolute atomic E-state index is 0.283. The molecule has 6 rings (SSSR count). The molecule has 4 aromatic carbocycles. The lowest BCUT2D eigenvalue weighted by Crippen LogP contribution is -2.63. The molecule has 1 amide bonds. The Balaban J connectivity index is 1.36. The van der Waals surface area contributed by atoms with Gasteiger partial charge in [0.15, 0.2) is 0 Å². The molecule has 1 saturated heterocycles. The summed E-state index contributed by atoms with van der Waals surface area (Å²) < 4.78 is 23.7. The van der Waals surface area contributed by atoms with Gasteiger partial charge in [0.05, 0.1) is 11.2 Å². The maximum Gasteiger partial charge on any atom is 0.252 e. The zero-order valence-electron chi connectivity index (χ0n) is 24.3. The predicted molar refractivity (Wildman–Crippen MR) is 164 cm³/mol. The summed E-state index contributed by atoms with van der Waals surface area (Å²) in [6.45, 7) is 3.95. The fourth-order valence-corrected chi connectivity index (χ4v) is 5.88. The van der Waals surface area contributed by atoms with Gasteiger partial charge in [0.25, 0.3) is 5.91 Å². The van der Waals surface area contributed by atoms with Gasteiger partial charge in [0.1, 0.15) is 35.2 Å². The molecule has 0 saturated carbocycles. The zero-order valence-corrected chi connectivity index (χ0v) is 24.3. The van der Waals surface area contributed by atoms with Crippen LogP contribution in [0.4, 0.5) is 0 Å². The third-order valence-electron chi connectivity index (χ3n) is 8.02. The summed E-state index contributed by atoms with van der Waals surface area (Å²) in [6, 6.07) is 28.8.